The van der Waals surface area contributed by atoms with Crippen molar-refractivity contribution in [2.75, 3.05) is 24.8 Å². The van der Waals surface area contributed by atoms with Crippen LogP contribution in [0.5, 0.6) is 0 Å². The number of sulfone groups is 1. The van der Waals surface area contributed by atoms with Crippen LogP contribution in [-0.4, -0.2) is 45.7 Å². The van der Waals surface area contributed by atoms with Gasteiger partial charge in [-0.1, -0.05) is 13.3 Å². The van der Waals surface area contributed by atoms with Crippen LogP contribution >= 0.6 is 0 Å². The van der Waals surface area contributed by atoms with Crippen molar-refractivity contribution >= 4 is 33.4 Å². The molecule has 160 valence electrons. The summed E-state index contributed by atoms with van der Waals surface area (Å²) in [6.45, 7) is 1.83. The van der Waals surface area contributed by atoms with Gasteiger partial charge in [0.25, 0.3) is 5.91 Å². The molecule has 1 N–H and O–H groups in total. The second-order valence-electron chi connectivity index (χ2n) is 6.49. The van der Waals surface area contributed by atoms with E-state index < -0.39 is 34.3 Å². The van der Waals surface area contributed by atoms with Gasteiger partial charge in [-0.25, -0.2) is 18.0 Å². The van der Waals surface area contributed by atoms with Crippen molar-refractivity contribution in [1.29, 1.82) is 0 Å². The summed E-state index contributed by atoms with van der Waals surface area (Å²) in [5.74, 6) is -1.75. The van der Waals surface area contributed by atoms with Gasteiger partial charge in [-0.2, -0.15) is 0 Å². The number of benzene rings is 2. The lowest BCUT2D eigenvalue weighted by Crippen LogP contribution is -2.21. The summed E-state index contributed by atoms with van der Waals surface area (Å²) in [5.41, 5.74) is 0.924. The Labute approximate surface area is 175 Å². The molecule has 0 aromatic heterocycles. The molecule has 0 saturated heterocycles. The second-order valence-corrected chi connectivity index (χ2v) is 8.50. The zero-order chi connectivity index (χ0) is 22.1. The van der Waals surface area contributed by atoms with Crippen LogP contribution in [-0.2, 0) is 24.1 Å². The summed E-state index contributed by atoms with van der Waals surface area (Å²) in [6, 6.07) is 11.4. The van der Waals surface area contributed by atoms with Crippen molar-refractivity contribution in [1.82, 2.24) is 0 Å². The molecule has 2 aromatic rings. The largest absolute Gasteiger partial charge is 0.462 e. The molecule has 0 atom stereocenters. The standard InChI is InChI=1S/C21H23NO7S/c1-3-4-13-28-20(24)15-5-9-17(10-6-15)22-19(23)14-29-21(25)16-7-11-18(12-8-16)30(2,26)27/h5-12H,3-4,13-14H2,1-2H3,(H,22,23). The van der Waals surface area contributed by atoms with Crippen LogP contribution in [0.3, 0.4) is 0 Å². The lowest BCUT2D eigenvalue weighted by atomic mass is 10.2. The van der Waals surface area contributed by atoms with Gasteiger partial charge in [-0.05, 0) is 55.0 Å². The van der Waals surface area contributed by atoms with Crippen LogP contribution in [0.2, 0.25) is 0 Å². The topological polar surface area (TPSA) is 116 Å². The fraction of sp³-hybridized carbons (Fsp3) is 0.286. The number of esters is 2. The van der Waals surface area contributed by atoms with Gasteiger partial charge in [0.05, 0.1) is 22.6 Å². The summed E-state index contributed by atoms with van der Waals surface area (Å²) < 4.78 is 32.9. The van der Waals surface area contributed by atoms with Gasteiger partial charge in [0.15, 0.2) is 16.4 Å². The Hall–Kier alpha value is -3.20. The molecule has 0 heterocycles. The number of hydrogen-bond acceptors (Lipinski definition) is 7. The smallest absolute Gasteiger partial charge is 0.338 e. The van der Waals surface area contributed by atoms with Crippen LogP contribution in [0.25, 0.3) is 0 Å². The van der Waals surface area contributed by atoms with Crippen molar-refractivity contribution in [3.05, 3.63) is 59.7 Å². The van der Waals surface area contributed by atoms with Crippen molar-refractivity contribution in [3.63, 3.8) is 0 Å². The number of anilines is 1. The Kier molecular flexibility index (Phi) is 8.11. The van der Waals surface area contributed by atoms with E-state index in [2.05, 4.69) is 5.32 Å². The number of carbonyl (C=O) groups excluding carboxylic acids is 3. The Morgan fingerprint density at radius 2 is 1.40 bits per heavy atom. The van der Waals surface area contributed by atoms with E-state index in [9.17, 15) is 22.8 Å². The maximum atomic E-state index is 12.0. The molecule has 0 aliphatic carbocycles. The molecule has 0 spiro atoms. The lowest BCUT2D eigenvalue weighted by molar-refractivity contribution is -0.119. The zero-order valence-corrected chi connectivity index (χ0v) is 17.5. The Morgan fingerprint density at radius 1 is 0.867 bits per heavy atom. The number of rotatable bonds is 9. The highest BCUT2D eigenvalue weighted by Crippen LogP contribution is 2.13. The third-order valence-electron chi connectivity index (χ3n) is 3.99. The fourth-order valence-electron chi connectivity index (χ4n) is 2.33. The molecule has 0 bridgehead atoms. The van der Waals surface area contributed by atoms with Gasteiger partial charge in [0, 0.05) is 11.9 Å². The van der Waals surface area contributed by atoms with E-state index in [1.165, 1.54) is 36.4 Å². The van der Waals surface area contributed by atoms with Crippen LogP contribution in [0.1, 0.15) is 40.5 Å². The van der Waals surface area contributed by atoms with Gasteiger partial charge in [0.1, 0.15) is 0 Å². The molecule has 1 amide bonds. The number of amides is 1. The Bertz CT molecular complexity index is 997. The van der Waals surface area contributed by atoms with Gasteiger partial charge in [-0.3, -0.25) is 4.79 Å². The van der Waals surface area contributed by atoms with Crippen LogP contribution in [0.15, 0.2) is 53.4 Å². The summed E-state index contributed by atoms with van der Waals surface area (Å²) in [5, 5.41) is 2.55. The number of carbonyl (C=O) groups is 3. The van der Waals surface area contributed by atoms with Crippen molar-refractivity contribution in [3.8, 4) is 0 Å². The molecule has 9 heteroatoms. The first-order valence-corrected chi connectivity index (χ1v) is 11.1. The van der Waals surface area contributed by atoms with E-state index in [0.717, 1.165) is 19.1 Å². The van der Waals surface area contributed by atoms with E-state index in [0.29, 0.717) is 17.9 Å². The van der Waals surface area contributed by atoms with E-state index >= 15 is 0 Å². The summed E-state index contributed by atoms with van der Waals surface area (Å²) in [4.78, 5) is 35.9. The molecule has 0 fully saturated rings. The molecular formula is C21H23NO7S. The van der Waals surface area contributed by atoms with Crippen molar-refractivity contribution in [2.24, 2.45) is 0 Å². The number of unbranched alkanes of at least 4 members (excludes halogenated alkanes) is 1. The van der Waals surface area contributed by atoms with Crippen molar-refractivity contribution < 1.29 is 32.3 Å². The summed E-state index contributed by atoms with van der Waals surface area (Å²) in [6.07, 6.45) is 2.78. The van der Waals surface area contributed by atoms with E-state index in [-0.39, 0.29) is 10.5 Å². The molecule has 0 aliphatic heterocycles. The van der Waals surface area contributed by atoms with Gasteiger partial charge >= 0.3 is 11.9 Å². The third kappa shape index (κ3) is 7.00. The van der Waals surface area contributed by atoms with Gasteiger partial charge in [0.2, 0.25) is 0 Å². The monoisotopic (exact) mass is 433 g/mol. The van der Waals surface area contributed by atoms with Crippen LogP contribution in [0, 0.1) is 0 Å². The van der Waals surface area contributed by atoms with Gasteiger partial charge in [-0.15, -0.1) is 0 Å². The van der Waals surface area contributed by atoms with E-state index in [1.807, 2.05) is 6.92 Å². The highest BCUT2D eigenvalue weighted by Gasteiger charge is 2.13. The van der Waals surface area contributed by atoms with E-state index in [1.54, 1.807) is 12.1 Å². The highest BCUT2D eigenvalue weighted by atomic mass is 32.2. The van der Waals surface area contributed by atoms with Gasteiger partial charge < -0.3 is 14.8 Å². The minimum absolute atomic E-state index is 0.0782. The first-order chi connectivity index (χ1) is 14.2. The highest BCUT2D eigenvalue weighted by molar-refractivity contribution is 7.90. The third-order valence-corrected chi connectivity index (χ3v) is 5.12. The minimum atomic E-state index is -3.37. The maximum absolute atomic E-state index is 12.0. The van der Waals surface area contributed by atoms with E-state index in [4.69, 9.17) is 9.47 Å². The first kappa shape index (κ1) is 23.1. The predicted octanol–water partition coefficient (Wildman–Crippen LogP) is 2.84. The summed E-state index contributed by atoms with van der Waals surface area (Å²) in [7, 11) is -3.37. The molecular weight excluding hydrogens is 410 g/mol. The molecule has 0 saturated carbocycles. The molecule has 2 rings (SSSR count). The average molecular weight is 433 g/mol. The molecule has 8 nitrogen and oxygen atoms in total. The van der Waals surface area contributed by atoms with Crippen LogP contribution in [0.4, 0.5) is 5.69 Å². The SMILES string of the molecule is CCCCOC(=O)c1ccc(NC(=O)COC(=O)c2ccc(S(C)(=O)=O)cc2)cc1. The quantitative estimate of drug-likeness (QED) is 0.477. The molecule has 0 radical (unpaired) electrons. The number of ether oxygens (including phenoxy) is 2. The average Bonchev–Trinajstić information content (AvgIpc) is 2.72. The Morgan fingerprint density at radius 3 is 1.93 bits per heavy atom. The zero-order valence-electron chi connectivity index (χ0n) is 16.7. The fourth-order valence-corrected chi connectivity index (χ4v) is 2.96. The maximum Gasteiger partial charge on any atom is 0.338 e. The molecule has 0 aliphatic rings. The normalized spacial score (nSPS) is 10.9. The predicted molar refractivity (Wildman–Crippen MR) is 110 cm³/mol. The first-order valence-electron chi connectivity index (χ1n) is 9.25. The number of nitrogens with one attached hydrogen (secondary N) is 1. The molecule has 0 unspecified atom stereocenters. The molecule has 2 aromatic carbocycles. The Balaban J connectivity index is 1.84. The molecule has 30 heavy (non-hydrogen) atoms. The number of hydrogen-bond donors (Lipinski definition) is 1. The summed E-state index contributed by atoms with van der Waals surface area (Å²) >= 11 is 0. The van der Waals surface area contributed by atoms with Crippen molar-refractivity contribution in [2.45, 2.75) is 24.7 Å². The van der Waals surface area contributed by atoms with Crippen LogP contribution < -0.4 is 5.32 Å². The second kappa shape index (κ2) is 10.5. The lowest BCUT2D eigenvalue weighted by Gasteiger charge is -2.08. The minimum Gasteiger partial charge on any atom is -0.462 e.